The normalized spacial score (nSPS) is 11.5. The minimum absolute atomic E-state index is 0.227. The van der Waals surface area contributed by atoms with Gasteiger partial charge in [0, 0.05) is 6.61 Å². The van der Waals surface area contributed by atoms with E-state index in [9.17, 15) is 0 Å². The Labute approximate surface area is 50.3 Å². The Hall–Kier alpha value is -0.560. The van der Waals surface area contributed by atoms with Crippen LogP contribution in [0.25, 0.3) is 0 Å². The summed E-state index contributed by atoms with van der Waals surface area (Å²) in [6, 6.07) is 0. The maximum Gasteiger partial charge on any atom is 0.0465 e. The van der Waals surface area contributed by atoms with E-state index in [4.69, 9.17) is 5.11 Å². The van der Waals surface area contributed by atoms with Crippen molar-refractivity contribution < 1.29 is 5.11 Å². The van der Waals surface area contributed by atoms with E-state index in [0.717, 1.165) is 12.0 Å². The molecule has 0 aromatic rings. The molecule has 1 N–H and O–H groups in total. The van der Waals surface area contributed by atoms with Crippen LogP contribution in [0.2, 0.25) is 0 Å². The van der Waals surface area contributed by atoms with Crippen LogP contribution in [0.1, 0.15) is 13.3 Å². The van der Waals surface area contributed by atoms with Gasteiger partial charge >= 0.3 is 0 Å². The van der Waals surface area contributed by atoms with Crippen LogP contribution in [-0.4, -0.2) is 11.7 Å². The summed E-state index contributed by atoms with van der Waals surface area (Å²) in [4.78, 5) is 0. The molecule has 0 bridgehead atoms. The highest BCUT2D eigenvalue weighted by molar-refractivity contribution is 5.12. The van der Waals surface area contributed by atoms with Gasteiger partial charge in [0.05, 0.1) is 0 Å². The zero-order valence-electron chi connectivity index (χ0n) is 5.22. The van der Waals surface area contributed by atoms with E-state index >= 15 is 0 Å². The van der Waals surface area contributed by atoms with Crippen molar-refractivity contribution in [2.75, 3.05) is 6.61 Å². The van der Waals surface area contributed by atoms with Crippen LogP contribution in [0.3, 0.4) is 0 Å². The summed E-state index contributed by atoms with van der Waals surface area (Å²) in [7, 11) is 0. The van der Waals surface area contributed by atoms with E-state index in [0.29, 0.717) is 0 Å². The lowest BCUT2D eigenvalue weighted by Crippen LogP contribution is -1.76. The highest BCUT2D eigenvalue weighted by Crippen LogP contribution is 1.93. The largest absolute Gasteiger partial charge is 0.396 e. The van der Waals surface area contributed by atoms with Crippen LogP contribution in [0.4, 0.5) is 0 Å². The SMILES string of the molecule is C=C/C(C)=C\CCO. The molecule has 0 saturated carbocycles. The molecule has 0 saturated heterocycles. The fourth-order valence-electron chi connectivity index (χ4n) is 0.376. The Morgan fingerprint density at radius 3 is 2.75 bits per heavy atom. The lowest BCUT2D eigenvalue weighted by atomic mass is 10.2. The lowest BCUT2D eigenvalue weighted by molar-refractivity contribution is 0.302. The van der Waals surface area contributed by atoms with Crippen molar-refractivity contribution in [2.24, 2.45) is 0 Å². The molecule has 0 atom stereocenters. The van der Waals surface area contributed by atoms with E-state index in [1.807, 2.05) is 13.0 Å². The van der Waals surface area contributed by atoms with E-state index in [2.05, 4.69) is 6.58 Å². The molecule has 0 aliphatic carbocycles. The van der Waals surface area contributed by atoms with Crippen LogP contribution in [-0.2, 0) is 0 Å². The monoisotopic (exact) mass is 112 g/mol. The van der Waals surface area contributed by atoms with Crippen LogP contribution in [0.5, 0.6) is 0 Å². The van der Waals surface area contributed by atoms with Crippen molar-refractivity contribution in [1.82, 2.24) is 0 Å². The van der Waals surface area contributed by atoms with E-state index in [1.165, 1.54) is 0 Å². The Bertz CT molecular complexity index is 92.6. The molecule has 0 rings (SSSR count). The van der Waals surface area contributed by atoms with Crippen LogP contribution in [0, 0.1) is 0 Å². The first-order valence-corrected chi connectivity index (χ1v) is 2.71. The molecular weight excluding hydrogens is 100 g/mol. The maximum absolute atomic E-state index is 8.33. The summed E-state index contributed by atoms with van der Waals surface area (Å²) in [6.07, 6.45) is 4.46. The van der Waals surface area contributed by atoms with Gasteiger partial charge in [-0.25, -0.2) is 0 Å². The molecule has 0 aliphatic rings. The third kappa shape index (κ3) is 3.62. The molecule has 0 unspecified atom stereocenters. The van der Waals surface area contributed by atoms with Gasteiger partial charge in [-0.2, -0.15) is 0 Å². The van der Waals surface area contributed by atoms with Gasteiger partial charge in [0.1, 0.15) is 0 Å². The molecule has 0 aromatic carbocycles. The third-order valence-electron chi connectivity index (χ3n) is 0.917. The highest BCUT2D eigenvalue weighted by Gasteiger charge is 1.76. The summed E-state index contributed by atoms with van der Waals surface area (Å²) in [5.41, 5.74) is 1.12. The van der Waals surface area contributed by atoms with Crippen molar-refractivity contribution in [3.05, 3.63) is 24.3 Å². The summed E-state index contributed by atoms with van der Waals surface area (Å²) >= 11 is 0. The van der Waals surface area contributed by atoms with Crippen LogP contribution >= 0.6 is 0 Å². The number of aliphatic hydroxyl groups excluding tert-OH is 1. The van der Waals surface area contributed by atoms with Crippen molar-refractivity contribution in [2.45, 2.75) is 13.3 Å². The molecule has 1 heteroatoms. The van der Waals surface area contributed by atoms with Crippen LogP contribution < -0.4 is 0 Å². The number of rotatable bonds is 3. The first-order chi connectivity index (χ1) is 3.81. The van der Waals surface area contributed by atoms with Gasteiger partial charge in [-0.05, 0) is 13.3 Å². The van der Waals surface area contributed by atoms with E-state index in [-0.39, 0.29) is 6.61 Å². The predicted molar refractivity (Wildman–Crippen MR) is 35.7 cm³/mol. The highest BCUT2D eigenvalue weighted by atomic mass is 16.2. The minimum atomic E-state index is 0.227. The molecule has 1 nitrogen and oxygen atoms in total. The predicted octanol–water partition coefficient (Wildman–Crippen LogP) is 1.50. The number of hydrogen-bond acceptors (Lipinski definition) is 1. The van der Waals surface area contributed by atoms with Gasteiger partial charge in [-0.1, -0.05) is 24.3 Å². The fourth-order valence-corrected chi connectivity index (χ4v) is 0.376. The van der Waals surface area contributed by atoms with Gasteiger partial charge in [0.25, 0.3) is 0 Å². The second kappa shape index (κ2) is 4.60. The second-order valence-corrected chi connectivity index (χ2v) is 1.66. The molecule has 0 aromatic heterocycles. The molecule has 0 amide bonds. The van der Waals surface area contributed by atoms with Crippen molar-refractivity contribution in [1.29, 1.82) is 0 Å². The molecule has 0 radical (unpaired) electrons. The molecule has 0 fully saturated rings. The first kappa shape index (κ1) is 7.44. The maximum atomic E-state index is 8.33. The lowest BCUT2D eigenvalue weighted by Gasteiger charge is -1.87. The van der Waals surface area contributed by atoms with Crippen molar-refractivity contribution in [3.63, 3.8) is 0 Å². The average Bonchev–Trinajstić information content (AvgIpc) is 1.83. The fraction of sp³-hybridized carbons (Fsp3) is 0.429. The zero-order valence-corrected chi connectivity index (χ0v) is 5.22. The number of aliphatic hydroxyl groups is 1. The Balaban J connectivity index is 3.40. The summed E-state index contributed by atoms with van der Waals surface area (Å²) in [6.45, 7) is 5.75. The summed E-state index contributed by atoms with van der Waals surface area (Å²) in [5, 5.41) is 8.33. The van der Waals surface area contributed by atoms with Gasteiger partial charge in [-0.3, -0.25) is 0 Å². The molecule has 0 heterocycles. The number of hydrogen-bond donors (Lipinski definition) is 1. The van der Waals surface area contributed by atoms with E-state index in [1.54, 1.807) is 6.08 Å². The number of allylic oxidation sites excluding steroid dienone is 2. The molecule has 0 spiro atoms. The molecule has 46 valence electrons. The smallest absolute Gasteiger partial charge is 0.0465 e. The molecule has 0 aliphatic heterocycles. The van der Waals surface area contributed by atoms with E-state index < -0.39 is 0 Å². The quantitative estimate of drug-likeness (QED) is 0.548. The Morgan fingerprint density at radius 1 is 1.75 bits per heavy atom. The van der Waals surface area contributed by atoms with Gasteiger partial charge in [-0.15, -0.1) is 0 Å². The summed E-state index contributed by atoms with van der Waals surface area (Å²) < 4.78 is 0. The molecule has 8 heavy (non-hydrogen) atoms. The second-order valence-electron chi connectivity index (χ2n) is 1.66. The van der Waals surface area contributed by atoms with Crippen LogP contribution in [0.15, 0.2) is 24.3 Å². The minimum Gasteiger partial charge on any atom is -0.396 e. The van der Waals surface area contributed by atoms with Gasteiger partial charge < -0.3 is 5.11 Å². The zero-order chi connectivity index (χ0) is 6.41. The summed E-state index contributed by atoms with van der Waals surface area (Å²) in [5.74, 6) is 0. The van der Waals surface area contributed by atoms with Crippen molar-refractivity contribution in [3.8, 4) is 0 Å². The Morgan fingerprint density at radius 2 is 2.38 bits per heavy atom. The topological polar surface area (TPSA) is 20.2 Å². The standard InChI is InChI=1S/C7H12O/c1-3-7(2)5-4-6-8/h3,5,8H,1,4,6H2,2H3/b7-5-. The van der Waals surface area contributed by atoms with Gasteiger partial charge in [0.2, 0.25) is 0 Å². The third-order valence-corrected chi connectivity index (χ3v) is 0.917. The van der Waals surface area contributed by atoms with Crippen molar-refractivity contribution >= 4 is 0 Å². The van der Waals surface area contributed by atoms with Gasteiger partial charge in [0.15, 0.2) is 0 Å². The first-order valence-electron chi connectivity index (χ1n) is 2.71. The Kier molecular flexibility index (Phi) is 4.27. The average molecular weight is 112 g/mol. The molecular formula is C7H12O.